The van der Waals surface area contributed by atoms with Crippen molar-refractivity contribution in [3.63, 3.8) is 0 Å². The van der Waals surface area contributed by atoms with Gasteiger partial charge in [-0.15, -0.1) is 0 Å². The number of amides is 1. The van der Waals surface area contributed by atoms with Crippen LogP contribution in [0.15, 0.2) is 35.2 Å². The van der Waals surface area contributed by atoms with Gasteiger partial charge in [0.25, 0.3) is 5.91 Å². The molecule has 0 radical (unpaired) electrons. The number of nitrogens with one attached hydrogen (secondary N) is 1. The molecule has 1 aliphatic heterocycles. The molecule has 1 unspecified atom stereocenters. The molecule has 168 valence electrons. The number of carbonyl (C=O) groups excluding carboxylic acids is 1. The average molecular weight is 467 g/mol. The molecule has 1 atom stereocenters. The second kappa shape index (κ2) is 9.46. The van der Waals surface area contributed by atoms with Gasteiger partial charge in [0.05, 0.1) is 19.9 Å². The number of piperidine rings is 1. The summed E-state index contributed by atoms with van der Waals surface area (Å²) in [6.45, 7) is 4.16. The molecule has 2 aromatic carbocycles. The van der Waals surface area contributed by atoms with E-state index in [9.17, 15) is 13.2 Å². The van der Waals surface area contributed by atoms with Crippen LogP contribution < -0.4 is 14.8 Å². The molecule has 9 heteroatoms. The molecule has 0 aliphatic carbocycles. The fourth-order valence-electron chi connectivity index (χ4n) is 3.70. The molecule has 0 spiro atoms. The maximum atomic E-state index is 13.4. The number of nitrogens with zero attached hydrogens (tertiary/aromatic N) is 1. The highest BCUT2D eigenvalue weighted by Crippen LogP contribution is 2.33. The van der Waals surface area contributed by atoms with Crippen molar-refractivity contribution < 1.29 is 22.7 Å². The van der Waals surface area contributed by atoms with Crippen molar-refractivity contribution in [3.05, 3.63) is 46.5 Å². The van der Waals surface area contributed by atoms with E-state index in [1.165, 1.54) is 36.7 Å². The number of aryl methyl sites for hydroxylation is 1. The lowest BCUT2D eigenvalue weighted by atomic mass is 10.1. The number of hydrogen-bond donors (Lipinski definition) is 1. The van der Waals surface area contributed by atoms with Gasteiger partial charge in [-0.25, -0.2) is 8.42 Å². The van der Waals surface area contributed by atoms with E-state index in [2.05, 4.69) is 5.32 Å². The van der Waals surface area contributed by atoms with E-state index >= 15 is 0 Å². The van der Waals surface area contributed by atoms with Gasteiger partial charge in [-0.1, -0.05) is 18.0 Å². The van der Waals surface area contributed by atoms with Crippen molar-refractivity contribution in [2.45, 2.75) is 44.0 Å². The monoisotopic (exact) mass is 466 g/mol. The molecule has 0 aromatic heterocycles. The molecule has 1 amide bonds. The van der Waals surface area contributed by atoms with Gasteiger partial charge in [0.1, 0.15) is 16.4 Å². The number of rotatable bonds is 6. The first-order valence-corrected chi connectivity index (χ1v) is 11.9. The number of ether oxygens (including phenoxy) is 2. The van der Waals surface area contributed by atoms with Crippen molar-refractivity contribution in [3.8, 4) is 11.5 Å². The molecule has 0 saturated carbocycles. The van der Waals surface area contributed by atoms with Gasteiger partial charge in [0.15, 0.2) is 0 Å². The summed E-state index contributed by atoms with van der Waals surface area (Å²) >= 11 is 6.13. The van der Waals surface area contributed by atoms with Crippen LogP contribution >= 0.6 is 11.6 Å². The minimum atomic E-state index is -3.82. The van der Waals surface area contributed by atoms with E-state index in [1.54, 1.807) is 12.1 Å². The van der Waals surface area contributed by atoms with E-state index in [4.69, 9.17) is 21.1 Å². The third-order valence-corrected chi connectivity index (χ3v) is 7.93. The molecule has 2 aromatic rings. The van der Waals surface area contributed by atoms with E-state index in [1.807, 2.05) is 13.8 Å². The van der Waals surface area contributed by atoms with Gasteiger partial charge < -0.3 is 14.8 Å². The zero-order chi connectivity index (χ0) is 22.8. The van der Waals surface area contributed by atoms with Crippen LogP contribution in [0, 0.1) is 6.92 Å². The number of benzene rings is 2. The largest absolute Gasteiger partial charge is 0.495 e. The molecule has 1 heterocycles. The summed E-state index contributed by atoms with van der Waals surface area (Å²) in [7, 11) is -0.929. The highest BCUT2D eigenvalue weighted by molar-refractivity contribution is 7.89. The van der Waals surface area contributed by atoms with Gasteiger partial charge in [0.2, 0.25) is 10.0 Å². The lowest BCUT2D eigenvalue weighted by molar-refractivity contribution is 0.102. The van der Waals surface area contributed by atoms with Crippen LogP contribution in [0.3, 0.4) is 0 Å². The molecule has 31 heavy (non-hydrogen) atoms. The van der Waals surface area contributed by atoms with Gasteiger partial charge in [-0.2, -0.15) is 4.31 Å². The highest BCUT2D eigenvalue weighted by atomic mass is 35.5. The Morgan fingerprint density at radius 1 is 1.13 bits per heavy atom. The second-order valence-electron chi connectivity index (χ2n) is 7.58. The van der Waals surface area contributed by atoms with Gasteiger partial charge in [-0.3, -0.25) is 4.79 Å². The van der Waals surface area contributed by atoms with Crippen LogP contribution in [0.1, 0.15) is 42.1 Å². The number of anilines is 1. The lowest BCUT2D eigenvalue weighted by Crippen LogP contribution is -2.42. The predicted octanol–water partition coefficient (Wildman–Crippen LogP) is 4.48. The van der Waals surface area contributed by atoms with Crippen molar-refractivity contribution in [2.24, 2.45) is 0 Å². The highest BCUT2D eigenvalue weighted by Gasteiger charge is 2.33. The Morgan fingerprint density at radius 3 is 2.48 bits per heavy atom. The summed E-state index contributed by atoms with van der Waals surface area (Å²) < 4.78 is 38.8. The van der Waals surface area contributed by atoms with Crippen molar-refractivity contribution >= 4 is 33.2 Å². The molecule has 7 nitrogen and oxygen atoms in total. The first-order chi connectivity index (χ1) is 14.7. The maximum absolute atomic E-state index is 13.4. The molecule has 1 N–H and O–H groups in total. The topological polar surface area (TPSA) is 84.9 Å². The van der Waals surface area contributed by atoms with Gasteiger partial charge in [-0.05, 0) is 56.5 Å². The lowest BCUT2D eigenvalue weighted by Gasteiger charge is -2.32. The number of methoxy groups -OCH3 is 2. The summed E-state index contributed by atoms with van der Waals surface area (Å²) in [6.07, 6.45) is 2.61. The molecular formula is C22H27ClN2O5S. The van der Waals surface area contributed by atoms with E-state index in [-0.39, 0.29) is 22.3 Å². The van der Waals surface area contributed by atoms with Crippen LogP contribution in [0.4, 0.5) is 5.69 Å². The smallest absolute Gasteiger partial charge is 0.255 e. The fourth-order valence-corrected chi connectivity index (χ4v) is 5.74. The van der Waals surface area contributed by atoms with Crippen LogP contribution in [0.25, 0.3) is 0 Å². The summed E-state index contributed by atoms with van der Waals surface area (Å²) in [4.78, 5) is 12.9. The second-order valence-corrected chi connectivity index (χ2v) is 9.85. The summed E-state index contributed by atoms with van der Waals surface area (Å²) in [5.41, 5.74) is 1.41. The number of hydrogen-bond acceptors (Lipinski definition) is 5. The first kappa shape index (κ1) is 23.4. The predicted molar refractivity (Wildman–Crippen MR) is 121 cm³/mol. The Hall–Kier alpha value is -2.29. The minimum absolute atomic E-state index is 0.0179. The SMILES string of the molecule is COc1cc(Cl)c(C)cc1NC(=O)c1ccc(OC)c(S(=O)(=O)N2CCCCC2C)c1. The zero-order valence-corrected chi connectivity index (χ0v) is 19.6. The Kier molecular flexibility index (Phi) is 7.13. The molecule has 1 saturated heterocycles. The molecule has 1 aliphatic rings. The van der Waals surface area contributed by atoms with Crippen molar-refractivity contribution in [2.75, 3.05) is 26.1 Å². The maximum Gasteiger partial charge on any atom is 0.255 e. The third-order valence-electron chi connectivity index (χ3n) is 5.48. The van der Waals surface area contributed by atoms with Gasteiger partial charge >= 0.3 is 0 Å². The number of sulfonamides is 1. The summed E-state index contributed by atoms with van der Waals surface area (Å²) in [5, 5.41) is 3.30. The fraction of sp³-hybridized carbons (Fsp3) is 0.409. The number of halogens is 1. The Bertz CT molecular complexity index is 1090. The average Bonchev–Trinajstić information content (AvgIpc) is 2.75. The Morgan fingerprint density at radius 2 is 1.84 bits per heavy atom. The van der Waals surface area contributed by atoms with Crippen molar-refractivity contribution in [1.29, 1.82) is 0 Å². The van der Waals surface area contributed by atoms with E-state index in [0.717, 1.165) is 24.8 Å². The quantitative estimate of drug-likeness (QED) is 0.678. The normalized spacial score (nSPS) is 17.3. The molecule has 1 fully saturated rings. The number of carbonyl (C=O) groups is 1. The summed E-state index contributed by atoms with van der Waals surface area (Å²) in [5.74, 6) is 0.146. The van der Waals surface area contributed by atoms with Crippen LogP contribution in [-0.2, 0) is 10.0 Å². The zero-order valence-electron chi connectivity index (χ0n) is 18.1. The van der Waals surface area contributed by atoms with E-state index < -0.39 is 15.9 Å². The summed E-state index contributed by atoms with van der Waals surface area (Å²) in [6, 6.07) is 7.61. The van der Waals surface area contributed by atoms with Crippen LogP contribution in [0.5, 0.6) is 11.5 Å². The third kappa shape index (κ3) is 4.81. The van der Waals surface area contributed by atoms with Crippen LogP contribution in [0.2, 0.25) is 5.02 Å². The Labute approximate surface area is 188 Å². The Balaban J connectivity index is 1.97. The van der Waals surface area contributed by atoms with Crippen molar-refractivity contribution in [1.82, 2.24) is 4.31 Å². The molecule has 3 rings (SSSR count). The molecular weight excluding hydrogens is 440 g/mol. The minimum Gasteiger partial charge on any atom is -0.495 e. The van der Waals surface area contributed by atoms with Gasteiger partial charge in [0, 0.05) is 29.2 Å². The van der Waals surface area contributed by atoms with E-state index in [0.29, 0.717) is 23.0 Å². The molecule has 0 bridgehead atoms. The van der Waals surface area contributed by atoms with Crippen LogP contribution in [-0.4, -0.2) is 45.4 Å². The first-order valence-electron chi connectivity index (χ1n) is 10.0. The standard InChI is InChI=1S/C22H27ClN2O5S/c1-14-11-18(20(30-4)13-17(14)23)24-22(26)16-8-9-19(29-3)21(12-16)31(27,28)25-10-6-5-7-15(25)2/h8-9,11-13,15H,5-7,10H2,1-4H3,(H,24,26).